The molecule has 26 heavy (non-hydrogen) atoms. The molecule has 132 valence electrons. The summed E-state index contributed by atoms with van der Waals surface area (Å²) in [6, 6.07) is 2.00. The second-order valence-corrected chi connectivity index (χ2v) is 6.89. The van der Waals surface area contributed by atoms with Crippen molar-refractivity contribution in [3.05, 3.63) is 42.4 Å². The van der Waals surface area contributed by atoms with E-state index in [4.69, 9.17) is 0 Å². The van der Waals surface area contributed by atoms with Crippen LogP contribution in [0.5, 0.6) is 0 Å². The lowest BCUT2D eigenvalue weighted by molar-refractivity contribution is 0.621. The van der Waals surface area contributed by atoms with Crippen LogP contribution in [-0.4, -0.2) is 51.1 Å². The van der Waals surface area contributed by atoms with Crippen molar-refractivity contribution >= 4 is 22.5 Å². The summed E-state index contributed by atoms with van der Waals surface area (Å²) in [6.07, 6.45) is 11.6. The molecule has 1 aliphatic carbocycles. The molecular formula is C19H21N7. The zero-order chi connectivity index (χ0) is 17.3. The van der Waals surface area contributed by atoms with Crippen molar-refractivity contribution in [3.8, 4) is 0 Å². The first-order valence-corrected chi connectivity index (χ1v) is 9.27. The molecule has 7 nitrogen and oxygen atoms in total. The van der Waals surface area contributed by atoms with Crippen LogP contribution in [-0.2, 0) is 12.8 Å². The Morgan fingerprint density at radius 2 is 1.50 bits per heavy atom. The number of hydrogen-bond donors (Lipinski definition) is 0. The average Bonchev–Trinajstić information content (AvgIpc) is 2.73. The summed E-state index contributed by atoms with van der Waals surface area (Å²) in [5, 5.41) is 1.07. The van der Waals surface area contributed by atoms with Crippen LogP contribution >= 0.6 is 0 Å². The van der Waals surface area contributed by atoms with Crippen molar-refractivity contribution in [1.29, 1.82) is 0 Å². The van der Waals surface area contributed by atoms with E-state index in [1.54, 1.807) is 25.0 Å². The van der Waals surface area contributed by atoms with Gasteiger partial charge in [-0.25, -0.2) is 19.9 Å². The first kappa shape index (κ1) is 15.4. The lowest BCUT2D eigenvalue weighted by Crippen LogP contribution is -2.47. The molecule has 0 N–H and O–H groups in total. The third-order valence-electron chi connectivity index (χ3n) is 5.40. The maximum atomic E-state index is 4.63. The highest BCUT2D eigenvalue weighted by Crippen LogP contribution is 2.29. The Labute approximate surface area is 152 Å². The van der Waals surface area contributed by atoms with Gasteiger partial charge in [-0.1, -0.05) is 0 Å². The van der Waals surface area contributed by atoms with E-state index in [1.165, 1.54) is 24.1 Å². The third kappa shape index (κ3) is 2.64. The number of rotatable bonds is 2. The van der Waals surface area contributed by atoms with Gasteiger partial charge < -0.3 is 9.80 Å². The highest BCUT2D eigenvalue weighted by Gasteiger charge is 2.24. The largest absolute Gasteiger partial charge is 0.353 e. The lowest BCUT2D eigenvalue weighted by atomic mass is 9.96. The van der Waals surface area contributed by atoms with E-state index in [-0.39, 0.29) is 0 Å². The monoisotopic (exact) mass is 347 g/mol. The zero-order valence-corrected chi connectivity index (χ0v) is 14.7. The quantitative estimate of drug-likeness (QED) is 0.702. The van der Waals surface area contributed by atoms with Gasteiger partial charge in [0.1, 0.15) is 24.3 Å². The van der Waals surface area contributed by atoms with Gasteiger partial charge in [0.25, 0.3) is 0 Å². The predicted molar refractivity (Wildman–Crippen MR) is 100 cm³/mol. The summed E-state index contributed by atoms with van der Waals surface area (Å²) in [4.78, 5) is 26.9. The molecule has 0 saturated carbocycles. The van der Waals surface area contributed by atoms with E-state index in [0.717, 1.165) is 61.6 Å². The van der Waals surface area contributed by atoms with Crippen LogP contribution in [0, 0.1) is 0 Å². The SMILES string of the molecule is c1cc2c(N3CCN(c4ncnc5c4CCCC5)CC3)ncnc2cn1. The molecule has 3 aromatic rings. The Hall–Kier alpha value is -2.83. The van der Waals surface area contributed by atoms with Crippen molar-refractivity contribution in [2.45, 2.75) is 25.7 Å². The molecule has 0 radical (unpaired) electrons. The van der Waals surface area contributed by atoms with E-state index >= 15 is 0 Å². The lowest BCUT2D eigenvalue weighted by Gasteiger charge is -2.37. The van der Waals surface area contributed by atoms with E-state index < -0.39 is 0 Å². The minimum absolute atomic E-state index is 0.893. The molecule has 4 heterocycles. The number of hydrogen-bond acceptors (Lipinski definition) is 7. The smallest absolute Gasteiger partial charge is 0.140 e. The second kappa shape index (κ2) is 6.48. The van der Waals surface area contributed by atoms with Gasteiger partial charge in [0, 0.05) is 49.0 Å². The van der Waals surface area contributed by atoms with Gasteiger partial charge in [-0.3, -0.25) is 4.98 Å². The topological polar surface area (TPSA) is 70.9 Å². The van der Waals surface area contributed by atoms with Crippen LogP contribution in [0.4, 0.5) is 11.6 Å². The van der Waals surface area contributed by atoms with Crippen LogP contribution in [0.1, 0.15) is 24.1 Å². The molecule has 3 aromatic heterocycles. The van der Waals surface area contributed by atoms with Crippen molar-refractivity contribution < 1.29 is 0 Å². The molecule has 7 heteroatoms. The van der Waals surface area contributed by atoms with E-state index in [1.807, 2.05) is 6.07 Å². The minimum Gasteiger partial charge on any atom is -0.353 e. The fourth-order valence-corrected chi connectivity index (χ4v) is 4.05. The van der Waals surface area contributed by atoms with Crippen LogP contribution in [0.15, 0.2) is 31.1 Å². The molecule has 0 atom stereocenters. The standard InChI is InChI=1S/C19H21N7/c1-2-4-16-14(3-1)18(23-12-21-16)25-7-9-26(10-8-25)19-15-5-6-20-11-17(15)22-13-24-19/h5-6,11-13H,1-4,7-10H2. The number of nitrogens with zero attached hydrogens (tertiary/aromatic N) is 7. The molecule has 0 aromatic carbocycles. The van der Waals surface area contributed by atoms with Gasteiger partial charge in [-0.2, -0.15) is 0 Å². The predicted octanol–water partition coefficient (Wildman–Crippen LogP) is 2.02. The van der Waals surface area contributed by atoms with E-state index in [9.17, 15) is 0 Å². The number of fused-ring (bicyclic) bond motifs is 2. The van der Waals surface area contributed by atoms with Gasteiger partial charge in [0.15, 0.2) is 0 Å². The first-order valence-electron chi connectivity index (χ1n) is 9.27. The maximum Gasteiger partial charge on any atom is 0.140 e. The molecular weight excluding hydrogens is 326 g/mol. The fraction of sp³-hybridized carbons (Fsp3) is 0.421. The summed E-state index contributed by atoms with van der Waals surface area (Å²) in [6.45, 7) is 3.74. The minimum atomic E-state index is 0.893. The molecule has 0 spiro atoms. The first-order chi connectivity index (χ1) is 12.9. The summed E-state index contributed by atoms with van der Waals surface area (Å²) >= 11 is 0. The molecule has 1 saturated heterocycles. The Morgan fingerprint density at radius 3 is 2.38 bits per heavy atom. The zero-order valence-electron chi connectivity index (χ0n) is 14.7. The summed E-state index contributed by atoms with van der Waals surface area (Å²) in [5.74, 6) is 2.15. The number of anilines is 2. The average molecular weight is 347 g/mol. The Balaban J connectivity index is 1.38. The van der Waals surface area contributed by atoms with Crippen molar-refractivity contribution in [3.63, 3.8) is 0 Å². The second-order valence-electron chi connectivity index (χ2n) is 6.89. The van der Waals surface area contributed by atoms with Gasteiger partial charge in [-0.05, 0) is 31.7 Å². The van der Waals surface area contributed by atoms with E-state index in [2.05, 4.69) is 34.7 Å². The highest BCUT2D eigenvalue weighted by molar-refractivity contribution is 5.88. The fourth-order valence-electron chi connectivity index (χ4n) is 4.05. The Morgan fingerprint density at radius 1 is 0.769 bits per heavy atom. The molecule has 0 amide bonds. The number of pyridine rings is 1. The van der Waals surface area contributed by atoms with Gasteiger partial charge in [0.2, 0.25) is 0 Å². The normalized spacial score (nSPS) is 17.4. The molecule has 1 fully saturated rings. The molecule has 2 aliphatic rings. The van der Waals surface area contributed by atoms with Gasteiger partial charge in [0.05, 0.1) is 11.7 Å². The number of aromatic nitrogens is 5. The Kier molecular flexibility index (Phi) is 3.84. The van der Waals surface area contributed by atoms with Crippen LogP contribution < -0.4 is 9.80 Å². The number of piperazine rings is 1. The summed E-state index contributed by atoms with van der Waals surface area (Å²) < 4.78 is 0. The van der Waals surface area contributed by atoms with E-state index in [0.29, 0.717) is 0 Å². The van der Waals surface area contributed by atoms with Crippen LogP contribution in [0.25, 0.3) is 10.9 Å². The molecule has 1 aliphatic heterocycles. The molecule has 0 bridgehead atoms. The highest BCUT2D eigenvalue weighted by atomic mass is 15.3. The molecule has 5 rings (SSSR count). The summed E-state index contributed by atoms with van der Waals surface area (Å²) in [5.41, 5.74) is 3.51. The van der Waals surface area contributed by atoms with Crippen LogP contribution in [0.2, 0.25) is 0 Å². The Bertz CT molecular complexity index is 929. The van der Waals surface area contributed by atoms with Crippen molar-refractivity contribution in [1.82, 2.24) is 24.9 Å². The number of aryl methyl sites for hydroxylation is 1. The van der Waals surface area contributed by atoms with Gasteiger partial charge in [-0.15, -0.1) is 0 Å². The third-order valence-corrected chi connectivity index (χ3v) is 5.40. The van der Waals surface area contributed by atoms with Crippen molar-refractivity contribution in [2.24, 2.45) is 0 Å². The van der Waals surface area contributed by atoms with Gasteiger partial charge >= 0.3 is 0 Å². The maximum absolute atomic E-state index is 4.63. The molecule has 0 unspecified atom stereocenters. The summed E-state index contributed by atoms with van der Waals surface area (Å²) in [7, 11) is 0. The van der Waals surface area contributed by atoms with Crippen LogP contribution in [0.3, 0.4) is 0 Å². The van der Waals surface area contributed by atoms with Crippen molar-refractivity contribution in [2.75, 3.05) is 36.0 Å².